The SMILES string of the molecule is CC(C)Oc1ccc(-c2ncc(Br)c(N)n2)cc1. The topological polar surface area (TPSA) is 61.0 Å². The van der Waals surface area contributed by atoms with Crippen LogP contribution in [0.2, 0.25) is 0 Å². The third-order valence-electron chi connectivity index (χ3n) is 2.26. The van der Waals surface area contributed by atoms with E-state index >= 15 is 0 Å². The molecule has 0 fully saturated rings. The van der Waals surface area contributed by atoms with Gasteiger partial charge in [-0.15, -0.1) is 0 Å². The van der Waals surface area contributed by atoms with Crippen molar-refractivity contribution >= 4 is 21.7 Å². The Labute approximate surface area is 114 Å². The van der Waals surface area contributed by atoms with Crippen molar-refractivity contribution in [3.05, 3.63) is 34.9 Å². The lowest BCUT2D eigenvalue weighted by atomic mass is 10.2. The van der Waals surface area contributed by atoms with Crippen molar-refractivity contribution in [1.29, 1.82) is 0 Å². The van der Waals surface area contributed by atoms with E-state index in [-0.39, 0.29) is 6.10 Å². The van der Waals surface area contributed by atoms with Crippen LogP contribution in [0.1, 0.15) is 13.8 Å². The maximum absolute atomic E-state index is 5.73. The second-order valence-electron chi connectivity index (χ2n) is 4.12. The first-order valence-corrected chi connectivity index (χ1v) is 6.40. The third kappa shape index (κ3) is 2.98. The molecule has 0 aliphatic carbocycles. The summed E-state index contributed by atoms with van der Waals surface area (Å²) in [7, 11) is 0. The van der Waals surface area contributed by atoms with E-state index in [2.05, 4.69) is 25.9 Å². The normalized spacial score (nSPS) is 10.7. The molecule has 2 aromatic rings. The lowest BCUT2D eigenvalue weighted by Gasteiger charge is -2.09. The molecule has 2 N–H and O–H groups in total. The van der Waals surface area contributed by atoms with Gasteiger partial charge in [0.15, 0.2) is 5.82 Å². The summed E-state index contributed by atoms with van der Waals surface area (Å²) in [5, 5.41) is 0. The first kappa shape index (κ1) is 12.8. The van der Waals surface area contributed by atoms with Crippen molar-refractivity contribution in [2.75, 3.05) is 5.73 Å². The zero-order valence-corrected chi connectivity index (χ0v) is 11.8. The van der Waals surface area contributed by atoms with Crippen LogP contribution in [-0.2, 0) is 0 Å². The molecule has 0 saturated carbocycles. The fraction of sp³-hybridized carbons (Fsp3) is 0.231. The molecule has 0 amide bonds. The van der Waals surface area contributed by atoms with Crippen LogP contribution in [0.25, 0.3) is 11.4 Å². The Morgan fingerprint density at radius 2 is 1.89 bits per heavy atom. The largest absolute Gasteiger partial charge is 0.491 e. The molecule has 2 rings (SSSR count). The van der Waals surface area contributed by atoms with Crippen molar-refractivity contribution in [2.24, 2.45) is 0 Å². The Bertz CT molecular complexity index is 540. The molecule has 4 nitrogen and oxygen atoms in total. The highest BCUT2D eigenvalue weighted by molar-refractivity contribution is 9.10. The number of halogens is 1. The lowest BCUT2D eigenvalue weighted by molar-refractivity contribution is 0.242. The van der Waals surface area contributed by atoms with E-state index in [1.165, 1.54) is 0 Å². The van der Waals surface area contributed by atoms with E-state index < -0.39 is 0 Å². The van der Waals surface area contributed by atoms with Crippen LogP contribution < -0.4 is 10.5 Å². The minimum atomic E-state index is 0.162. The molecule has 1 aromatic heterocycles. The molecule has 0 radical (unpaired) electrons. The van der Waals surface area contributed by atoms with Crippen molar-refractivity contribution in [2.45, 2.75) is 20.0 Å². The average molecular weight is 308 g/mol. The van der Waals surface area contributed by atoms with Gasteiger partial charge in [0, 0.05) is 11.8 Å². The van der Waals surface area contributed by atoms with Gasteiger partial charge in [-0.25, -0.2) is 9.97 Å². The summed E-state index contributed by atoms with van der Waals surface area (Å²) in [6.07, 6.45) is 1.81. The maximum Gasteiger partial charge on any atom is 0.161 e. The van der Waals surface area contributed by atoms with E-state index in [1.807, 2.05) is 38.1 Å². The maximum atomic E-state index is 5.73. The second kappa shape index (κ2) is 5.35. The van der Waals surface area contributed by atoms with Crippen LogP contribution in [0.15, 0.2) is 34.9 Å². The number of rotatable bonds is 3. The number of nitrogen functional groups attached to an aromatic ring is 1. The minimum absolute atomic E-state index is 0.162. The molecule has 0 spiro atoms. The number of ether oxygens (including phenoxy) is 1. The van der Waals surface area contributed by atoms with E-state index in [4.69, 9.17) is 10.5 Å². The molecule has 0 aliphatic rings. The van der Waals surface area contributed by atoms with Gasteiger partial charge in [-0.2, -0.15) is 0 Å². The van der Waals surface area contributed by atoms with Crippen LogP contribution in [0, 0.1) is 0 Å². The van der Waals surface area contributed by atoms with Crippen molar-refractivity contribution < 1.29 is 4.74 Å². The fourth-order valence-electron chi connectivity index (χ4n) is 1.47. The Morgan fingerprint density at radius 1 is 1.22 bits per heavy atom. The summed E-state index contributed by atoms with van der Waals surface area (Å²) >= 11 is 3.27. The van der Waals surface area contributed by atoms with Gasteiger partial charge in [-0.3, -0.25) is 0 Å². The Hall–Kier alpha value is -1.62. The predicted octanol–water partition coefficient (Wildman–Crippen LogP) is 3.28. The van der Waals surface area contributed by atoms with Crippen molar-refractivity contribution in [3.63, 3.8) is 0 Å². The van der Waals surface area contributed by atoms with Crippen molar-refractivity contribution in [1.82, 2.24) is 9.97 Å². The van der Waals surface area contributed by atoms with Crippen LogP contribution in [0.5, 0.6) is 5.75 Å². The molecule has 0 bridgehead atoms. The van der Waals surface area contributed by atoms with E-state index in [0.717, 1.165) is 11.3 Å². The van der Waals surface area contributed by atoms with Crippen LogP contribution >= 0.6 is 15.9 Å². The molecule has 1 aromatic carbocycles. The number of nitrogens with two attached hydrogens (primary N) is 1. The average Bonchev–Trinajstić information content (AvgIpc) is 2.33. The summed E-state index contributed by atoms with van der Waals surface area (Å²) in [4.78, 5) is 8.43. The zero-order valence-electron chi connectivity index (χ0n) is 10.2. The molecule has 94 valence electrons. The van der Waals surface area contributed by atoms with E-state index in [9.17, 15) is 0 Å². The van der Waals surface area contributed by atoms with Crippen LogP contribution in [0.3, 0.4) is 0 Å². The number of hydrogen-bond acceptors (Lipinski definition) is 4. The fourth-order valence-corrected chi connectivity index (χ4v) is 1.67. The smallest absolute Gasteiger partial charge is 0.161 e. The van der Waals surface area contributed by atoms with E-state index in [0.29, 0.717) is 16.1 Å². The summed E-state index contributed by atoms with van der Waals surface area (Å²) in [6, 6.07) is 7.63. The van der Waals surface area contributed by atoms with Gasteiger partial charge in [0.05, 0.1) is 10.6 Å². The zero-order chi connectivity index (χ0) is 13.1. The molecule has 5 heteroatoms. The molecular weight excluding hydrogens is 294 g/mol. The minimum Gasteiger partial charge on any atom is -0.491 e. The summed E-state index contributed by atoms with van der Waals surface area (Å²) < 4.78 is 6.27. The molecule has 0 aliphatic heterocycles. The predicted molar refractivity (Wildman–Crippen MR) is 75.3 cm³/mol. The number of nitrogens with zero attached hydrogens (tertiary/aromatic N) is 2. The van der Waals surface area contributed by atoms with Crippen LogP contribution in [-0.4, -0.2) is 16.1 Å². The van der Waals surface area contributed by atoms with Gasteiger partial charge in [-0.1, -0.05) is 0 Å². The standard InChI is InChI=1S/C13H14BrN3O/c1-8(2)18-10-5-3-9(4-6-10)13-16-7-11(14)12(15)17-13/h3-8H,1-2H3,(H2,15,16,17). The molecule has 0 atom stereocenters. The summed E-state index contributed by atoms with van der Waals surface area (Å²) in [5.41, 5.74) is 6.64. The number of aromatic nitrogens is 2. The first-order valence-electron chi connectivity index (χ1n) is 5.61. The van der Waals surface area contributed by atoms with Crippen molar-refractivity contribution in [3.8, 4) is 17.1 Å². The molecule has 18 heavy (non-hydrogen) atoms. The van der Waals surface area contributed by atoms with Gasteiger partial charge in [0.25, 0.3) is 0 Å². The molecule has 0 saturated heterocycles. The van der Waals surface area contributed by atoms with Gasteiger partial charge >= 0.3 is 0 Å². The Balaban J connectivity index is 2.25. The highest BCUT2D eigenvalue weighted by atomic mass is 79.9. The Kier molecular flexibility index (Phi) is 3.81. The third-order valence-corrected chi connectivity index (χ3v) is 2.87. The molecule has 1 heterocycles. The van der Waals surface area contributed by atoms with Gasteiger partial charge < -0.3 is 10.5 Å². The highest BCUT2D eigenvalue weighted by Crippen LogP contribution is 2.23. The number of benzene rings is 1. The summed E-state index contributed by atoms with van der Waals surface area (Å²) in [5.74, 6) is 1.87. The second-order valence-corrected chi connectivity index (χ2v) is 4.97. The quantitative estimate of drug-likeness (QED) is 0.945. The Morgan fingerprint density at radius 3 is 2.44 bits per heavy atom. The first-order chi connectivity index (χ1) is 8.56. The number of anilines is 1. The van der Waals surface area contributed by atoms with Gasteiger partial charge in [-0.05, 0) is 54.0 Å². The highest BCUT2D eigenvalue weighted by Gasteiger charge is 2.05. The monoisotopic (exact) mass is 307 g/mol. The molecular formula is C13H14BrN3O. The number of hydrogen-bond donors (Lipinski definition) is 1. The van der Waals surface area contributed by atoms with Crippen LogP contribution in [0.4, 0.5) is 5.82 Å². The van der Waals surface area contributed by atoms with Gasteiger partial charge in [0.1, 0.15) is 11.6 Å². The lowest BCUT2D eigenvalue weighted by Crippen LogP contribution is -2.05. The van der Waals surface area contributed by atoms with E-state index in [1.54, 1.807) is 6.20 Å². The summed E-state index contributed by atoms with van der Waals surface area (Å²) in [6.45, 7) is 3.99. The van der Waals surface area contributed by atoms with Gasteiger partial charge in [0.2, 0.25) is 0 Å². The molecule has 0 unspecified atom stereocenters.